The van der Waals surface area contributed by atoms with Gasteiger partial charge in [-0.1, -0.05) is 33.6 Å². The van der Waals surface area contributed by atoms with Crippen LogP contribution in [0.2, 0.25) is 0 Å². The summed E-state index contributed by atoms with van der Waals surface area (Å²) in [5.74, 6) is 1.53. The van der Waals surface area contributed by atoms with Crippen molar-refractivity contribution < 1.29 is 4.74 Å². The quantitative estimate of drug-likeness (QED) is 0.732. The Labute approximate surface area is 94.8 Å². The van der Waals surface area contributed by atoms with E-state index >= 15 is 0 Å². The summed E-state index contributed by atoms with van der Waals surface area (Å²) in [5.41, 5.74) is 0. The van der Waals surface area contributed by atoms with Crippen LogP contribution in [0, 0.1) is 11.8 Å². The molecule has 4 unspecified atom stereocenters. The summed E-state index contributed by atoms with van der Waals surface area (Å²) >= 11 is 0. The SMILES string of the molecule is CCCC(C)CC(NC)C1OCCC1C. The van der Waals surface area contributed by atoms with Crippen molar-refractivity contribution in [1.82, 2.24) is 5.32 Å². The first-order valence-corrected chi connectivity index (χ1v) is 6.47. The Balaban J connectivity index is 2.40. The van der Waals surface area contributed by atoms with Crippen molar-refractivity contribution in [3.8, 4) is 0 Å². The Morgan fingerprint density at radius 1 is 1.47 bits per heavy atom. The standard InChI is InChI=1S/C13H27NO/c1-5-6-10(2)9-12(14-4)13-11(3)7-8-15-13/h10-14H,5-9H2,1-4H3. The lowest BCUT2D eigenvalue weighted by atomic mass is 9.89. The summed E-state index contributed by atoms with van der Waals surface area (Å²) in [6, 6.07) is 0.545. The highest BCUT2D eigenvalue weighted by molar-refractivity contribution is 4.85. The lowest BCUT2D eigenvalue weighted by Gasteiger charge is -2.28. The van der Waals surface area contributed by atoms with E-state index in [0.29, 0.717) is 12.1 Å². The first-order chi connectivity index (χ1) is 7.19. The minimum atomic E-state index is 0.439. The van der Waals surface area contributed by atoms with Crippen LogP contribution in [0.4, 0.5) is 0 Å². The predicted octanol–water partition coefficient (Wildman–Crippen LogP) is 2.83. The van der Waals surface area contributed by atoms with E-state index in [-0.39, 0.29) is 0 Å². The number of hydrogen-bond donors (Lipinski definition) is 1. The van der Waals surface area contributed by atoms with Crippen molar-refractivity contribution >= 4 is 0 Å². The smallest absolute Gasteiger partial charge is 0.0754 e. The van der Waals surface area contributed by atoms with Gasteiger partial charge in [0.1, 0.15) is 0 Å². The summed E-state index contributed by atoms with van der Waals surface area (Å²) < 4.78 is 5.83. The first-order valence-electron chi connectivity index (χ1n) is 6.47. The van der Waals surface area contributed by atoms with E-state index in [1.165, 1.54) is 25.7 Å². The van der Waals surface area contributed by atoms with E-state index in [0.717, 1.165) is 18.4 Å². The Bertz CT molecular complexity index is 172. The van der Waals surface area contributed by atoms with Crippen molar-refractivity contribution in [2.24, 2.45) is 11.8 Å². The van der Waals surface area contributed by atoms with E-state index in [2.05, 4.69) is 33.1 Å². The number of nitrogens with one attached hydrogen (secondary N) is 1. The summed E-state index contributed by atoms with van der Waals surface area (Å²) in [6.45, 7) is 7.88. The lowest BCUT2D eigenvalue weighted by molar-refractivity contribution is 0.0555. The van der Waals surface area contributed by atoms with Gasteiger partial charge < -0.3 is 10.1 Å². The molecule has 1 heterocycles. The zero-order valence-electron chi connectivity index (χ0n) is 10.8. The highest BCUT2D eigenvalue weighted by Crippen LogP contribution is 2.26. The van der Waals surface area contributed by atoms with Crippen molar-refractivity contribution in [1.29, 1.82) is 0 Å². The molecule has 1 saturated heterocycles. The molecule has 2 nitrogen and oxygen atoms in total. The van der Waals surface area contributed by atoms with Crippen LogP contribution in [-0.4, -0.2) is 25.8 Å². The molecule has 90 valence electrons. The molecule has 2 heteroatoms. The van der Waals surface area contributed by atoms with Gasteiger partial charge in [0.2, 0.25) is 0 Å². The maximum Gasteiger partial charge on any atom is 0.0754 e. The number of hydrogen-bond acceptors (Lipinski definition) is 2. The third-order valence-electron chi connectivity index (χ3n) is 3.65. The monoisotopic (exact) mass is 213 g/mol. The van der Waals surface area contributed by atoms with Gasteiger partial charge in [-0.05, 0) is 31.7 Å². The average Bonchev–Trinajstić information content (AvgIpc) is 2.61. The molecule has 15 heavy (non-hydrogen) atoms. The van der Waals surface area contributed by atoms with E-state index in [1.54, 1.807) is 0 Å². The second-order valence-electron chi connectivity index (χ2n) is 5.13. The van der Waals surface area contributed by atoms with Gasteiger partial charge >= 0.3 is 0 Å². The van der Waals surface area contributed by atoms with Gasteiger partial charge in [0.25, 0.3) is 0 Å². The number of likely N-dealkylation sites (N-methyl/N-ethyl adjacent to an activating group) is 1. The summed E-state index contributed by atoms with van der Waals surface area (Å²) in [6.07, 6.45) is 5.54. The lowest BCUT2D eigenvalue weighted by Crippen LogP contribution is -2.41. The summed E-state index contributed by atoms with van der Waals surface area (Å²) in [7, 11) is 2.07. The minimum Gasteiger partial charge on any atom is -0.376 e. The van der Waals surface area contributed by atoms with Crippen molar-refractivity contribution in [3.63, 3.8) is 0 Å². The molecule has 0 aromatic carbocycles. The summed E-state index contributed by atoms with van der Waals surface area (Å²) in [5, 5.41) is 3.44. The molecule has 1 fully saturated rings. The first kappa shape index (κ1) is 13.0. The fraction of sp³-hybridized carbons (Fsp3) is 1.00. The zero-order valence-corrected chi connectivity index (χ0v) is 10.8. The van der Waals surface area contributed by atoms with Crippen molar-refractivity contribution in [3.05, 3.63) is 0 Å². The van der Waals surface area contributed by atoms with E-state index in [9.17, 15) is 0 Å². The Morgan fingerprint density at radius 2 is 2.20 bits per heavy atom. The normalized spacial score (nSPS) is 30.4. The maximum absolute atomic E-state index is 5.83. The van der Waals surface area contributed by atoms with E-state index in [1.807, 2.05) is 0 Å². The average molecular weight is 213 g/mol. The molecule has 0 radical (unpaired) electrons. The largest absolute Gasteiger partial charge is 0.376 e. The van der Waals surface area contributed by atoms with Crippen LogP contribution in [-0.2, 0) is 4.74 Å². The fourth-order valence-electron chi connectivity index (χ4n) is 2.69. The van der Waals surface area contributed by atoms with Crippen LogP contribution in [0.25, 0.3) is 0 Å². The Kier molecular flexibility index (Phi) is 5.62. The molecule has 4 atom stereocenters. The van der Waals surface area contributed by atoms with Crippen LogP contribution >= 0.6 is 0 Å². The van der Waals surface area contributed by atoms with Crippen LogP contribution in [0.3, 0.4) is 0 Å². The maximum atomic E-state index is 5.83. The molecule has 0 aliphatic carbocycles. The minimum absolute atomic E-state index is 0.439. The van der Waals surface area contributed by atoms with Crippen LogP contribution < -0.4 is 5.32 Å². The van der Waals surface area contributed by atoms with Gasteiger partial charge in [-0.3, -0.25) is 0 Å². The molecule has 1 aliphatic heterocycles. The van der Waals surface area contributed by atoms with Crippen LogP contribution in [0.1, 0.15) is 46.5 Å². The van der Waals surface area contributed by atoms with Gasteiger partial charge in [-0.2, -0.15) is 0 Å². The third-order valence-corrected chi connectivity index (χ3v) is 3.65. The predicted molar refractivity (Wildman–Crippen MR) is 65.1 cm³/mol. The molecule has 0 bridgehead atoms. The topological polar surface area (TPSA) is 21.3 Å². The Morgan fingerprint density at radius 3 is 2.67 bits per heavy atom. The van der Waals surface area contributed by atoms with E-state index < -0.39 is 0 Å². The molecular weight excluding hydrogens is 186 g/mol. The second-order valence-corrected chi connectivity index (χ2v) is 5.13. The van der Waals surface area contributed by atoms with Crippen molar-refractivity contribution in [2.45, 2.75) is 58.6 Å². The number of ether oxygens (including phenoxy) is 1. The highest BCUT2D eigenvalue weighted by atomic mass is 16.5. The van der Waals surface area contributed by atoms with Gasteiger partial charge in [0.05, 0.1) is 6.10 Å². The van der Waals surface area contributed by atoms with Gasteiger partial charge in [-0.25, -0.2) is 0 Å². The highest BCUT2D eigenvalue weighted by Gasteiger charge is 2.31. The van der Waals surface area contributed by atoms with Crippen LogP contribution in [0.5, 0.6) is 0 Å². The molecule has 0 amide bonds. The molecule has 0 aromatic rings. The number of rotatable bonds is 6. The fourth-order valence-corrected chi connectivity index (χ4v) is 2.69. The summed E-state index contributed by atoms with van der Waals surface area (Å²) in [4.78, 5) is 0. The Hall–Kier alpha value is -0.0800. The third kappa shape index (κ3) is 3.76. The van der Waals surface area contributed by atoms with E-state index in [4.69, 9.17) is 4.74 Å². The second kappa shape index (κ2) is 6.49. The molecule has 1 aliphatic rings. The molecule has 0 saturated carbocycles. The molecule has 1 N–H and O–H groups in total. The van der Waals surface area contributed by atoms with Gasteiger partial charge in [0, 0.05) is 12.6 Å². The van der Waals surface area contributed by atoms with Gasteiger partial charge in [0.15, 0.2) is 0 Å². The molecular formula is C13H27NO. The zero-order chi connectivity index (χ0) is 11.3. The molecule has 0 aromatic heterocycles. The van der Waals surface area contributed by atoms with Gasteiger partial charge in [-0.15, -0.1) is 0 Å². The molecule has 1 rings (SSSR count). The molecule has 0 spiro atoms. The van der Waals surface area contributed by atoms with Crippen LogP contribution in [0.15, 0.2) is 0 Å². The van der Waals surface area contributed by atoms with Crippen molar-refractivity contribution in [2.75, 3.05) is 13.7 Å².